The second kappa shape index (κ2) is 10.5. The van der Waals surface area contributed by atoms with Crippen molar-refractivity contribution in [2.75, 3.05) is 32.7 Å². The molecule has 1 aliphatic rings. The molecule has 1 aromatic rings. The Morgan fingerprint density at radius 1 is 1.21 bits per heavy atom. The van der Waals surface area contributed by atoms with E-state index in [-0.39, 0.29) is 24.8 Å². The highest BCUT2D eigenvalue weighted by atomic mass is 35.5. The lowest BCUT2D eigenvalue weighted by Crippen LogP contribution is -2.38. The summed E-state index contributed by atoms with van der Waals surface area (Å²) >= 11 is 0. The third kappa shape index (κ3) is 6.61. The van der Waals surface area contributed by atoms with Crippen LogP contribution in [0.1, 0.15) is 19.8 Å². The van der Waals surface area contributed by atoms with E-state index in [2.05, 4.69) is 22.2 Å². The number of hydrogen-bond acceptors (Lipinski definition) is 3. The number of likely N-dealkylation sites (tertiary alicyclic amines) is 1. The zero-order chi connectivity index (χ0) is 11.9. The maximum Gasteiger partial charge on any atom is 0.0536 e. The van der Waals surface area contributed by atoms with Gasteiger partial charge in [-0.3, -0.25) is 4.68 Å². The largest absolute Gasteiger partial charge is 0.317 e. The molecule has 0 aromatic carbocycles. The molecule has 0 saturated carbocycles. The zero-order valence-corrected chi connectivity index (χ0v) is 13.3. The fourth-order valence-electron chi connectivity index (χ4n) is 2.44. The monoisotopic (exact) mass is 308 g/mol. The van der Waals surface area contributed by atoms with Crippen LogP contribution in [0.5, 0.6) is 0 Å². The maximum atomic E-state index is 4.24. The average Bonchev–Trinajstić information content (AvgIpc) is 2.88. The molecule has 0 radical (unpaired) electrons. The lowest BCUT2D eigenvalue weighted by molar-refractivity contribution is 0.175. The first-order chi connectivity index (χ1) is 8.38. The molecule has 19 heavy (non-hydrogen) atoms. The van der Waals surface area contributed by atoms with Crippen LogP contribution in [0.3, 0.4) is 0 Å². The van der Waals surface area contributed by atoms with Gasteiger partial charge in [0.05, 0.1) is 6.54 Å². The number of aromatic nitrogens is 2. The fourth-order valence-corrected chi connectivity index (χ4v) is 2.44. The number of halogens is 2. The number of hydrogen-bond donors (Lipinski definition) is 1. The van der Waals surface area contributed by atoms with Gasteiger partial charge in [0, 0.05) is 18.9 Å². The quantitative estimate of drug-likeness (QED) is 0.873. The lowest BCUT2D eigenvalue weighted by atomic mass is 9.97. The van der Waals surface area contributed by atoms with Crippen molar-refractivity contribution in [3.63, 3.8) is 0 Å². The van der Waals surface area contributed by atoms with Gasteiger partial charge in [-0.05, 0) is 51.0 Å². The molecular formula is C13H26Cl2N4. The predicted molar refractivity (Wildman–Crippen MR) is 84.4 cm³/mol. The molecule has 0 spiro atoms. The molecular weight excluding hydrogens is 283 g/mol. The van der Waals surface area contributed by atoms with Crippen LogP contribution >= 0.6 is 24.8 Å². The molecule has 1 fully saturated rings. The Morgan fingerprint density at radius 2 is 1.95 bits per heavy atom. The molecule has 0 amide bonds. The van der Waals surface area contributed by atoms with Gasteiger partial charge in [-0.1, -0.05) is 6.92 Å². The van der Waals surface area contributed by atoms with Gasteiger partial charge < -0.3 is 10.2 Å². The molecule has 2 rings (SSSR count). The van der Waals surface area contributed by atoms with Crippen LogP contribution in [-0.2, 0) is 6.54 Å². The molecule has 1 saturated heterocycles. The highest BCUT2D eigenvalue weighted by molar-refractivity contribution is 5.85. The van der Waals surface area contributed by atoms with E-state index in [1.807, 2.05) is 23.1 Å². The summed E-state index contributed by atoms with van der Waals surface area (Å²) in [5, 5.41) is 7.69. The molecule has 6 heteroatoms. The van der Waals surface area contributed by atoms with Crippen LogP contribution in [0, 0.1) is 5.92 Å². The average molecular weight is 309 g/mol. The first-order valence-electron chi connectivity index (χ1n) is 6.79. The summed E-state index contributed by atoms with van der Waals surface area (Å²) in [5.74, 6) is 0.885. The van der Waals surface area contributed by atoms with Crippen LogP contribution < -0.4 is 5.32 Å². The summed E-state index contributed by atoms with van der Waals surface area (Å²) in [5.41, 5.74) is 0. The Labute approximate surface area is 128 Å². The summed E-state index contributed by atoms with van der Waals surface area (Å²) in [6.45, 7) is 9.12. The third-order valence-electron chi connectivity index (χ3n) is 3.59. The third-order valence-corrected chi connectivity index (χ3v) is 3.59. The Balaban J connectivity index is 0.00000162. The highest BCUT2D eigenvalue weighted by Crippen LogP contribution is 2.15. The second-order valence-corrected chi connectivity index (χ2v) is 4.86. The first kappa shape index (κ1) is 18.7. The lowest BCUT2D eigenvalue weighted by Gasteiger charge is -2.31. The molecule has 0 unspecified atom stereocenters. The van der Waals surface area contributed by atoms with Gasteiger partial charge in [0.25, 0.3) is 0 Å². The minimum Gasteiger partial charge on any atom is -0.317 e. The molecule has 112 valence electrons. The minimum absolute atomic E-state index is 0. The Bertz CT molecular complexity index is 298. The minimum atomic E-state index is 0. The second-order valence-electron chi connectivity index (χ2n) is 4.86. The van der Waals surface area contributed by atoms with E-state index < -0.39 is 0 Å². The van der Waals surface area contributed by atoms with Crippen LogP contribution in [0.2, 0.25) is 0 Å². The molecule has 1 aromatic heterocycles. The topological polar surface area (TPSA) is 33.1 Å². The van der Waals surface area contributed by atoms with Gasteiger partial charge in [-0.15, -0.1) is 24.8 Å². The van der Waals surface area contributed by atoms with Crippen molar-refractivity contribution in [3.05, 3.63) is 18.5 Å². The predicted octanol–water partition coefficient (Wildman–Crippen LogP) is 2.05. The molecule has 1 N–H and O–H groups in total. The summed E-state index contributed by atoms with van der Waals surface area (Å²) in [6.07, 6.45) is 6.57. The van der Waals surface area contributed by atoms with E-state index in [9.17, 15) is 0 Å². The molecule has 0 aliphatic carbocycles. The van der Waals surface area contributed by atoms with Gasteiger partial charge >= 0.3 is 0 Å². The van der Waals surface area contributed by atoms with Crippen molar-refractivity contribution in [1.29, 1.82) is 0 Å². The van der Waals surface area contributed by atoms with Crippen LogP contribution in [-0.4, -0.2) is 47.4 Å². The zero-order valence-electron chi connectivity index (χ0n) is 11.6. The van der Waals surface area contributed by atoms with E-state index in [4.69, 9.17) is 0 Å². The van der Waals surface area contributed by atoms with Crippen molar-refractivity contribution >= 4 is 24.8 Å². The fraction of sp³-hybridized carbons (Fsp3) is 0.769. The summed E-state index contributed by atoms with van der Waals surface area (Å²) < 4.78 is 2.02. The highest BCUT2D eigenvalue weighted by Gasteiger charge is 2.18. The van der Waals surface area contributed by atoms with Gasteiger partial charge in [-0.25, -0.2) is 0 Å². The molecule has 4 nitrogen and oxygen atoms in total. The SMILES string of the molecule is CCNCC1CCN(CCn2cccn2)CC1.Cl.Cl. The van der Waals surface area contributed by atoms with Crippen molar-refractivity contribution in [1.82, 2.24) is 20.0 Å². The van der Waals surface area contributed by atoms with Crippen LogP contribution in [0.15, 0.2) is 18.5 Å². The number of nitrogens with zero attached hydrogens (tertiary/aromatic N) is 3. The van der Waals surface area contributed by atoms with Gasteiger partial charge in [0.2, 0.25) is 0 Å². The van der Waals surface area contributed by atoms with Crippen molar-refractivity contribution in [2.45, 2.75) is 26.3 Å². The van der Waals surface area contributed by atoms with E-state index in [1.54, 1.807) is 0 Å². The van der Waals surface area contributed by atoms with E-state index in [0.717, 1.165) is 25.6 Å². The van der Waals surface area contributed by atoms with E-state index in [1.165, 1.54) is 32.5 Å². The maximum absolute atomic E-state index is 4.24. The van der Waals surface area contributed by atoms with Crippen LogP contribution in [0.4, 0.5) is 0 Å². The Morgan fingerprint density at radius 3 is 2.53 bits per heavy atom. The van der Waals surface area contributed by atoms with Gasteiger partial charge in [0.1, 0.15) is 0 Å². The van der Waals surface area contributed by atoms with Gasteiger partial charge in [-0.2, -0.15) is 5.10 Å². The van der Waals surface area contributed by atoms with Gasteiger partial charge in [0.15, 0.2) is 0 Å². The van der Waals surface area contributed by atoms with E-state index in [0.29, 0.717) is 0 Å². The van der Waals surface area contributed by atoms with E-state index >= 15 is 0 Å². The molecule has 2 heterocycles. The van der Waals surface area contributed by atoms with Crippen molar-refractivity contribution in [3.8, 4) is 0 Å². The van der Waals surface area contributed by atoms with Crippen molar-refractivity contribution < 1.29 is 0 Å². The number of piperidine rings is 1. The smallest absolute Gasteiger partial charge is 0.0536 e. The molecule has 0 bridgehead atoms. The summed E-state index contributed by atoms with van der Waals surface area (Å²) in [4.78, 5) is 2.56. The first-order valence-corrected chi connectivity index (χ1v) is 6.79. The Hall–Kier alpha value is -0.290. The number of nitrogens with one attached hydrogen (secondary N) is 1. The number of rotatable bonds is 6. The molecule has 1 aliphatic heterocycles. The summed E-state index contributed by atoms with van der Waals surface area (Å²) in [7, 11) is 0. The van der Waals surface area contributed by atoms with Crippen molar-refractivity contribution in [2.24, 2.45) is 5.92 Å². The Kier molecular flexibility index (Phi) is 10.3. The normalized spacial score (nSPS) is 16.7. The molecule has 0 atom stereocenters. The summed E-state index contributed by atoms with van der Waals surface area (Å²) in [6, 6.07) is 1.99. The standard InChI is InChI=1S/C13H24N4.2ClH/c1-2-14-12-13-4-8-16(9-5-13)10-11-17-7-3-6-15-17;;/h3,6-7,13-14H,2,4-5,8-12H2,1H3;2*1H. The van der Waals surface area contributed by atoms with Crippen LogP contribution in [0.25, 0.3) is 0 Å².